The number of carbonyl (C=O) groups excluding carboxylic acids is 2. The van der Waals surface area contributed by atoms with Crippen LogP contribution in [0.3, 0.4) is 0 Å². The molecule has 0 saturated carbocycles. The molecule has 1 aliphatic rings. The highest BCUT2D eigenvalue weighted by Crippen LogP contribution is 2.23. The molecule has 5 heteroatoms. The zero-order valence-corrected chi connectivity index (χ0v) is 13.8. The summed E-state index contributed by atoms with van der Waals surface area (Å²) in [7, 11) is 0. The van der Waals surface area contributed by atoms with Crippen LogP contribution in [-0.4, -0.2) is 28.8 Å². The van der Waals surface area contributed by atoms with Crippen molar-refractivity contribution in [3.05, 3.63) is 22.4 Å². The first kappa shape index (κ1) is 16.0. The zero-order valence-electron chi connectivity index (χ0n) is 13.0. The molecule has 2 unspecified atom stereocenters. The van der Waals surface area contributed by atoms with E-state index in [1.54, 1.807) is 16.2 Å². The SMILES string of the molecule is CCCC1NC(=O)C(CC(C)C)N(Cc2cccs2)C1=O. The number of hydrogen-bond donors (Lipinski definition) is 1. The van der Waals surface area contributed by atoms with Crippen LogP contribution in [0.4, 0.5) is 0 Å². The summed E-state index contributed by atoms with van der Waals surface area (Å²) in [6.45, 7) is 6.74. The minimum atomic E-state index is -0.356. The first-order chi connectivity index (χ1) is 10.0. The van der Waals surface area contributed by atoms with E-state index in [1.165, 1.54) is 0 Å². The lowest BCUT2D eigenvalue weighted by molar-refractivity contribution is -0.150. The molecular formula is C16H24N2O2S. The molecule has 0 aromatic carbocycles. The van der Waals surface area contributed by atoms with Crippen molar-refractivity contribution in [2.45, 2.75) is 58.7 Å². The molecule has 21 heavy (non-hydrogen) atoms. The highest BCUT2D eigenvalue weighted by molar-refractivity contribution is 7.09. The third-order valence-corrected chi connectivity index (χ3v) is 4.62. The summed E-state index contributed by atoms with van der Waals surface area (Å²) in [6.07, 6.45) is 2.31. The molecule has 0 aliphatic carbocycles. The van der Waals surface area contributed by atoms with Gasteiger partial charge < -0.3 is 10.2 Å². The maximum atomic E-state index is 12.7. The Morgan fingerprint density at radius 1 is 1.38 bits per heavy atom. The van der Waals surface area contributed by atoms with E-state index in [0.717, 1.165) is 11.3 Å². The summed E-state index contributed by atoms with van der Waals surface area (Å²) in [5.74, 6) is 0.441. The van der Waals surface area contributed by atoms with Crippen LogP contribution in [0.25, 0.3) is 0 Å². The maximum absolute atomic E-state index is 12.7. The highest BCUT2D eigenvalue weighted by Gasteiger charge is 2.40. The molecule has 1 aromatic heterocycles. The summed E-state index contributed by atoms with van der Waals surface area (Å²) in [5, 5.41) is 4.91. The first-order valence-electron chi connectivity index (χ1n) is 7.66. The average molecular weight is 308 g/mol. The fraction of sp³-hybridized carbons (Fsp3) is 0.625. The number of nitrogens with zero attached hydrogens (tertiary/aromatic N) is 1. The summed E-state index contributed by atoms with van der Waals surface area (Å²) < 4.78 is 0. The van der Waals surface area contributed by atoms with E-state index in [1.807, 2.05) is 24.4 Å². The van der Waals surface area contributed by atoms with E-state index in [2.05, 4.69) is 19.2 Å². The van der Waals surface area contributed by atoms with Gasteiger partial charge in [0.05, 0.1) is 6.54 Å². The highest BCUT2D eigenvalue weighted by atomic mass is 32.1. The van der Waals surface area contributed by atoms with Crippen molar-refractivity contribution in [3.8, 4) is 0 Å². The first-order valence-corrected chi connectivity index (χ1v) is 8.54. The Kier molecular flexibility index (Phi) is 5.39. The van der Waals surface area contributed by atoms with Gasteiger partial charge >= 0.3 is 0 Å². The van der Waals surface area contributed by atoms with Crippen molar-refractivity contribution in [2.75, 3.05) is 0 Å². The minimum absolute atomic E-state index is 0.00157. The fourth-order valence-corrected chi connectivity index (χ4v) is 3.45. The zero-order chi connectivity index (χ0) is 15.4. The largest absolute Gasteiger partial charge is 0.343 e. The molecule has 1 aliphatic heterocycles. The molecule has 2 rings (SSSR count). The van der Waals surface area contributed by atoms with Crippen LogP contribution in [0.1, 0.15) is 44.9 Å². The van der Waals surface area contributed by atoms with Crippen LogP contribution in [0.5, 0.6) is 0 Å². The van der Waals surface area contributed by atoms with Crippen molar-refractivity contribution in [1.29, 1.82) is 0 Å². The topological polar surface area (TPSA) is 49.4 Å². The minimum Gasteiger partial charge on any atom is -0.343 e. The van der Waals surface area contributed by atoms with Gasteiger partial charge in [-0.1, -0.05) is 33.3 Å². The lowest BCUT2D eigenvalue weighted by Crippen LogP contribution is -2.63. The lowest BCUT2D eigenvalue weighted by Gasteiger charge is -2.39. The van der Waals surface area contributed by atoms with Crippen LogP contribution in [0.15, 0.2) is 17.5 Å². The van der Waals surface area contributed by atoms with Crippen molar-refractivity contribution < 1.29 is 9.59 Å². The van der Waals surface area contributed by atoms with E-state index < -0.39 is 0 Å². The van der Waals surface area contributed by atoms with Crippen LogP contribution < -0.4 is 5.32 Å². The van der Waals surface area contributed by atoms with Gasteiger partial charge in [0.2, 0.25) is 11.8 Å². The van der Waals surface area contributed by atoms with Gasteiger partial charge in [-0.05, 0) is 30.2 Å². The molecular weight excluding hydrogens is 284 g/mol. The molecule has 1 aromatic rings. The predicted octanol–water partition coefficient (Wildman–Crippen LogP) is 2.79. The van der Waals surface area contributed by atoms with Gasteiger partial charge in [0, 0.05) is 4.88 Å². The average Bonchev–Trinajstić information content (AvgIpc) is 2.92. The quantitative estimate of drug-likeness (QED) is 0.878. The van der Waals surface area contributed by atoms with Crippen LogP contribution >= 0.6 is 11.3 Å². The summed E-state index contributed by atoms with van der Waals surface area (Å²) >= 11 is 1.63. The Hall–Kier alpha value is -1.36. The standard InChI is InChI=1S/C16H24N2O2S/c1-4-6-13-16(20)18(10-12-7-5-8-21-12)14(9-11(2)3)15(19)17-13/h5,7-8,11,13-14H,4,6,9-10H2,1-3H3,(H,17,19). The number of carbonyl (C=O) groups is 2. The van der Waals surface area contributed by atoms with Crippen molar-refractivity contribution in [3.63, 3.8) is 0 Å². The fourth-order valence-electron chi connectivity index (χ4n) is 2.75. The van der Waals surface area contributed by atoms with Gasteiger partial charge in [-0.2, -0.15) is 0 Å². The number of piperazine rings is 1. The van der Waals surface area contributed by atoms with Gasteiger partial charge in [-0.25, -0.2) is 0 Å². The second kappa shape index (κ2) is 7.07. The molecule has 1 N–H and O–H groups in total. The van der Waals surface area contributed by atoms with Gasteiger partial charge in [-0.15, -0.1) is 11.3 Å². The summed E-state index contributed by atoms with van der Waals surface area (Å²) in [4.78, 5) is 28.0. The number of amides is 2. The third kappa shape index (κ3) is 3.84. The van der Waals surface area contributed by atoms with E-state index in [0.29, 0.717) is 25.3 Å². The molecule has 0 bridgehead atoms. The Labute approximate surface area is 130 Å². The Balaban J connectivity index is 2.21. The molecule has 116 valence electrons. The number of thiophene rings is 1. The Morgan fingerprint density at radius 3 is 2.71 bits per heavy atom. The Morgan fingerprint density at radius 2 is 2.14 bits per heavy atom. The molecule has 2 amide bonds. The van der Waals surface area contributed by atoms with Gasteiger partial charge in [0.25, 0.3) is 0 Å². The van der Waals surface area contributed by atoms with E-state index >= 15 is 0 Å². The lowest BCUT2D eigenvalue weighted by atomic mass is 9.96. The number of hydrogen-bond acceptors (Lipinski definition) is 3. The van der Waals surface area contributed by atoms with E-state index in [9.17, 15) is 9.59 Å². The van der Waals surface area contributed by atoms with Crippen LogP contribution in [0, 0.1) is 5.92 Å². The third-order valence-electron chi connectivity index (χ3n) is 3.75. The van der Waals surface area contributed by atoms with Crippen molar-refractivity contribution in [2.24, 2.45) is 5.92 Å². The molecule has 0 radical (unpaired) electrons. The normalized spacial score (nSPS) is 22.8. The molecule has 4 nitrogen and oxygen atoms in total. The number of nitrogens with one attached hydrogen (secondary N) is 1. The summed E-state index contributed by atoms with van der Waals surface area (Å²) in [6, 6.07) is 3.31. The summed E-state index contributed by atoms with van der Waals surface area (Å²) in [5.41, 5.74) is 0. The van der Waals surface area contributed by atoms with Gasteiger partial charge in [0.1, 0.15) is 12.1 Å². The monoisotopic (exact) mass is 308 g/mol. The van der Waals surface area contributed by atoms with Crippen molar-refractivity contribution >= 4 is 23.2 Å². The molecule has 1 saturated heterocycles. The molecule has 2 atom stereocenters. The molecule has 2 heterocycles. The molecule has 1 fully saturated rings. The van der Waals surface area contributed by atoms with Crippen LogP contribution in [-0.2, 0) is 16.1 Å². The van der Waals surface area contributed by atoms with Gasteiger partial charge in [-0.3, -0.25) is 9.59 Å². The van der Waals surface area contributed by atoms with Crippen LogP contribution in [0.2, 0.25) is 0 Å². The van der Waals surface area contributed by atoms with Crippen molar-refractivity contribution in [1.82, 2.24) is 10.2 Å². The maximum Gasteiger partial charge on any atom is 0.246 e. The van der Waals surface area contributed by atoms with E-state index in [-0.39, 0.29) is 23.9 Å². The van der Waals surface area contributed by atoms with Gasteiger partial charge in [0.15, 0.2) is 0 Å². The predicted molar refractivity (Wildman–Crippen MR) is 85.0 cm³/mol. The smallest absolute Gasteiger partial charge is 0.246 e. The number of rotatable bonds is 6. The second-order valence-electron chi connectivity index (χ2n) is 6.04. The second-order valence-corrected chi connectivity index (χ2v) is 7.07. The Bertz CT molecular complexity index is 484. The van der Waals surface area contributed by atoms with E-state index in [4.69, 9.17) is 0 Å². The molecule has 0 spiro atoms.